The third-order valence-electron chi connectivity index (χ3n) is 5.79. The van der Waals surface area contributed by atoms with E-state index in [9.17, 15) is 4.79 Å². The number of primary amides is 1. The monoisotopic (exact) mass is 452 g/mol. The molecule has 0 fully saturated rings. The van der Waals surface area contributed by atoms with Gasteiger partial charge in [0.25, 0.3) is 0 Å². The van der Waals surface area contributed by atoms with Crippen molar-refractivity contribution in [1.29, 1.82) is 0 Å². The highest BCUT2D eigenvalue weighted by Crippen LogP contribution is 2.39. The standard InChI is InChI=1S/C28H28N4O2/c1-4-19-13-9-14-20(5-2)26(19)32(28(29)33)24-18-30-27(21-11-7-6-8-12-21)31-25(24)22-15-10-16-23(17-22)34-3/h6-18H,4-5H2,1-3H3,(H2,29,33). The summed E-state index contributed by atoms with van der Waals surface area (Å²) >= 11 is 0. The molecule has 0 radical (unpaired) electrons. The van der Waals surface area contributed by atoms with Gasteiger partial charge in [0.2, 0.25) is 0 Å². The normalized spacial score (nSPS) is 10.7. The highest BCUT2D eigenvalue weighted by atomic mass is 16.5. The first-order chi connectivity index (χ1) is 16.6. The van der Waals surface area contributed by atoms with Crippen molar-refractivity contribution in [2.75, 3.05) is 12.0 Å². The van der Waals surface area contributed by atoms with Crippen LogP contribution in [0.2, 0.25) is 0 Å². The molecule has 3 aromatic carbocycles. The van der Waals surface area contributed by atoms with Crippen LogP contribution in [0.1, 0.15) is 25.0 Å². The molecule has 2 N–H and O–H groups in total. The molecule has 4 aromatic rings. The Kier molecular flexibility index (Phi) is 6.87. The van der Waals surface area contributed by atoms with Crippen LogP contribution in [-0.2, 0) is 12.8 Å². The van der Waals surface area contributed by atoms with Crippen molar-refractivity contribution in [3.63, 3.8) is 0 Å². The predicted octanol–water partition coefficient (Wildman–Crippen LogP) is 6.16. The summed E-state index contributed by atoms with van der Waals surface area (Å²) in [7, 11) is 1.62. The average Bonchev–Trinajstić information content (AvgIpc) is 2.89. The van der Waals surface area contributed by atoms with Gasteiger partial charge < -0.3 is 10.5 Å². The van der Waals surface area contributed by atoms with E-state index in [0.29, 0.717) is 23.0 Å². The molecule has 0 saturated heterocycles. The molecule has 0 bridgehead atoms. The first-order valence-electron chi connectivity index (χ1n) is 11.3. The number of hydrogen-bond donors (Lipinski definition) is 1. The van der Waals surface area contributed by atoms with Gasteiger partial charge in [-0.3, -0.25) is 4.90 Å². The lowest BCUT2D eigenvalue weighted by molar-refractivity contribution is 0.256. The molecule has 2 amide bonds. The van der Waals surface area contributed by atoms with Crippen LogP contribution in [0.5, 0.6) is 5.75 Å². The number of carbonyl (C=O) groups excluding carboxylic acids is 1. The fourth-order valence-corrected chi connectivity index (χ4v) is 4.10. The van der Waals surface area contributed by atoms with Crippen molar-refractivity contribution in [3.8, 4) is 28.4 Å². The van der Waals surface area contributed by atoms with Crippen molar-refractivity contribution in [2.24, 2.45) is 5.73 Å². The largest absolute Gasteiger partial charge is 0.497 e. The highest BCUT2D eigenvalue weighted by molar-refractivity contribution is 6.03. The molecular formula is C28H28N4O2. The van der Waals surface area contributed by atoms with Crippen molar-refractivity contribution in [2.45, 2.75) is 26.7 Å². The number of nitrogens with two attached hydrogens (primary N) is 1. The lowest BCUT2D eigenvalue weighted by Gasteiger charge is -2.27. The molecule has 0 aliphatic rings. The van der Waals surface area contributed by atoms with Gasteiger partial charge in [-0.25, -0.2) is 14.8 Å². The molecule has 0 spiro atoms. The van der Waals surface area contributed by atoms with E-state index < -0.39 is 6.03 Å². The number of hydrogen-bond acceptors (Lipinski definition) is 4. The van der Waals surface area contributed by atoms with Crippen LogP contribution in [0.25, 0.3) is 22.6 Å². The van der Waals surface area contributed by atoms with Crippen molar-refractivity contribution >= 4 is 17.4 Å². The Balaban J connectivity index is 2.00. The number of urea groups is 1. The number of aryl methyl sites for hydroxylation is 2. The van der Waals surface area contributed by atoms with E-state index in [1.54, 1.807) is 18.2 Å². The predicted molar refractivity (Wildman–Crippen MR) is 136 cm³/mol. The van der Waals surface area contributed by atoms with Crippen LogP contribution in [0.3, 0.4) is 0 Å². The molecule has 0 saturated carbocycles. The number of amides is 2. The van der Waals surface area contributed by atoms with Gasteiger partial charge in [0.05, 0.1) is 30.4 Å². The average molecular weight is 453 g/mol. The smallest absolute Gasteiger partial charge is 0.324 e. The van der Waals surface area contributed by atoms with Gasteiger partial charge in [-0.05, 0) is 36.1 Å². The molecule has 0 aliphatic heterocycles. The maximum atomic E-state index is 13.0. The molecular weight excluding hydrogens is 424 g/mol. The van der Waals surface area contributed by atoms with E-state index >= 15 is 0 Å². The number of carbonyl (C=O) groups is 1. The van der Waals surface area contributed by atoms with Gasteiger partial charge in [-0.15, -0.1) is 0 Å². The minimum Gasteiger partial charge on any atom is -0.497 e. The second-order valence-corrected chi connectivity index (χ2v) is 7.83. The molecule has 6 heteroatoms. The summed E-state index contributed by atoms with van der Waals surface area (Å²) in [6.07, 6.45) is 3.19. The van der Waals surface area contributed by atoms with E-state index in [0.717, 1.165) is 40.8 Å². The number of benzene rings is 3. The van der Waals surface area contributed by atoms with Gasteiger partial charge in [0.15, 0.2) is 5.82 Å². The molecule has 4 rings (SSSR count). The van der Waals surface area contributed by atoms with Crippen LogP contribution >= 0.6 is 0 Å². The Morgan fingerprint density at radius 2 is 1.56 bits per heavy atom. The number of methoxy groups -OCH3 is 1. The zero-order valence-electron chi connectivity index (χ0n) is 19.7. The van der Waals surface area contributed by atoms with Gasteiger partial charge in [-0.1, -0.05) is 74.5 Å². The Bertz CT molecular complexity index is 1280. The van der Waals surface area contributed by atoms with Crippen molar-refractivity contribution in [1.82, 2.24) is 9.97 Å². The Morgan fingerprint density at radius 1 is 0.912 bits per heavy atom. The third kappa shape index (κ3) is 4.48. The topological polar surface area (TPSA) is 81.3 Å². The third-order valence-corrected chi connectivity index (χ3v) is 5.79. The van der Waals surface area contributed by atoms with Crippen LogP contribution in [0.15, 0.2) is 79.0 Å². The second-order valence-electron chi connectivity index (χ2n) is 7.83. The number of nitrogens with zero attached hydrogens (tertiary/aromatic N) is 3. The summed E-state index contributed by atoms with van der Waals surface area (Å²) in [6, 6.07) is 22.8. The lowest BCUT2D eigenvalue weighted by atomic mass is 10.0. The lowest BCUT2D eigenvalue weighted by Crippen LogP contribution is -2.33. The molecule has 0 unspecified atom stereocenters. The van der Waals surface area contributed by atoms with E-state index in [4.69, 9.17) is 15.5 Å². The Labute approximate surface area is 200 Å². The van der Waals surface area contributed by atoms with Crippen LogP contribution in [0.4, 0.5) is 16.2 Å². The number of rotatable bonds is 7. The van der Waals surface area contributed by atoms with Crippen molar-refractivity contribution in [3.05, 3.63) is 90.1 Å². The van der Waals surface area contributed by atoms with Gasteiger partial charge in [-0.2, -0.15) is 0 Å². The first-order valence-corrected chi connectivity index (χ1v) is 11.3. The SMILES string of the molecule is CCc1cccc(CC)c1N(C(N)=O)c1cnc(-c2ccccc2)nc1-c1cccc(OC)c1. The minimum atomic E-state index is -0.587. The molecule has 1 aromatic heterocycles. The number of ether oxygens (including phenoxy) is 1. The van der Waals surface area contributed by atoms with E-state index in [2.05, 4.69) is 18.8 Å². The summed E-state index contributed by atoms with van der Waals surface area (Å²) in [5.74, 6) is 1.25. The molecule has 0 aliphatic carbocycles. The maximum Gasteiger partial charge on any atom is 0.324 e. The number of anilines is 2. The quantitative estimate of drug-likeness (QED) is 0.364. The van der Waals surface area contributed by atoms with Crippen LogP contribution < -0.4 is 15.4 Å². The summed E-state index contributed by atoms with van der Waals surface area (Å²) < 4.78 is 5.45. The number of para-hydroxylation sites is 1. The van der Waals surface area contributed by atoms with Crippen molar-refractivity contribution < 1.29 is 9.53 Å². The molecule has 172 valence electrons. The van der Waals surface area contributed by atoms with Crippen LogP contribution in [0, 0.1) is 0 Å². The minimum absolute atomic E-state index is 0.524. The van der Waals surface area contributed by atoms with E-state index in [1.165, 1.54) is 0 Å². The summed E-state index contributed by atoms with van der Waals surface area (Å²) in [5, 5.41) is 0. The summed E-state index contributed by atoms with van der Waals surface area (Å²) in [4.78, 5) is 24.0. The van der Waals surface area contributed by atoms with Gasteiger partial charge in [0, 0.05) is 11.1 Å². The van der Waals surface area contributed by atoms with Crippen LogP contribution in [-0.4, -0.2) is 23.1 Å². The zero-order chi connectivity index (χ0) is 24.1. The van der Waals surface area contributed by atoms with Gasteiger partial charge >= 0.3 is 6.03 Å². The zero-order valence-corrected chi connectivity index (χ0v) is 19.7. The summed E-state index contributed by atoms with van der Waals surface area (Å²) in [5.41, 5.74) is 11.7. The fraction of sp³-hybridized carbons (Fsp3) is 0.179. The fourth-order valence-electron chi connectivity index (χ4n) is 4.10. The molecule has 1 heterocycles. The molecule has 0 atom stereocenters. The van der Waals surface area contributed by atoms with E-state index in [-0.39, 0.29) is 0 Å². The second kappa shape index (κ2) is 10.2. The maximum absolute atomic E-state index is 13.0. The first kappa shape index (κ1) is 23.0. The van der Waals surface area contributed by atoms with E-state index in [1.807, 2.05) is 72.8 Å². The highest BCUT2D eigenvalue weighted by Gasteiger charge is 2.26. The number of aromatic nitrogens is 2. The molecule has 34 heavy (non-hydrogen) atoms. The summed E-state index contributed by atoms with van der Waals surface area (Å²) in [6.45, 7) is 4.13. The Morgan fingerprint density at radius 3 is 2.18 bits per heavy atom. The molecule has 6 nitrogen and oxygen atoms in total. The van der Waals surface area contributed by atoms with Gasteiger partial charge in [0.1, 0.15) is 5.75 Å². The Hall–Kier alpha value is -4.19.